The number of fused-ring (bicyclic) bond motifs is 1. The molecule has 1 heterocycles. The van der Waals surface area contributed by atoms with Gasteiger partial charge in [0.25, 0.3) is 0 Å². The third-order valence-corrected chi connectivity index (χ3v) is 2.93. The van der Waals surface area contributed by atoms with Crippen LogP contribution in [0, 0.1) is 0 Å². The Labute approximate surface area is 94.9 Å². The standard InChI is InChI=1S/C12H15ClN2/c1-15-11-7-3-2-6-10(11)14-12(15)8-4-5-9-13/h2-3,6-7H,4-5,8-9H2,1H3. The number of rotatable bonds is 4. The predicted octanol–water partition coefficient (Wildman–Crippen LogP) is 3.13. The smallest absolute Gasteiger partial charge is 0.109 e. The number of hydrogen-bond acceptors (Lipinski definition) is 1. The summed E-state index contributed by atoms with van der Waals surface area (Å²) in [4.78, 5) is 4.60. The Morgan fingerprint density at radius 2 is 2.07 bits per heavy atom. The lowest BCUT2D eigenvalue weighted by atomic mass is 10.2. The third kappa shape index (κ3) is 2.15. The van der Waals surface area contributed by atoms with Crippen molar-refractivity contribution in [3.05, 3.63) is 30.1 Å². The number of alkyl halides is 1. The van der Waals surface area contributed by atoms with E-state index >= 15 is 0 Å². The zero-order valence-corrected chi connectivity index (χ0v) is 9.67. The lowest BCUT2D eigenvalue weighted by Gasteiger charge is -2.00. The van der Waals surface area contributed by atoms with E-state index in [-0.39, 0.29) is 0 Å². The molecular formula is C12H15ClN2. The van der Waals surface area contributed by atoms with Crippen molar-refractivity contribution in [3.63, 3.8) is 0 Å². The van der Waals surface area contributed by atoms with Gasteiger partial charge in [0.1, 0.15) is 5.82 Å². The number of para-hydroxylation sites is 2. The van der Waals surface area contributed by atoms with Gasteiger partial charge in [-0.05, 0) is 25.0 Å². The molecule has 3 heteroatoms. The zero-order chi connectivity index (χ0) is 10.7. The molecule has 0 aliphatic carbocycles. The van der Waals surface area contributed by atoms with Crippen LogP contribution in [0.2, 0.25) is 0 Å². The Kier molecular flexibility index (Phi) is 3.27. The van der Waals surface area contributed by atoms with Crippen molar-refractivity contribution in [3.8, 4) is 0 Å². The molecule has 0 radical (unpaired) electrons. The molecule has 2 aromatic rings. The molecule has 0 atom stereocenters. The summed E-state index contributed by atoms with van der Waals surface area (Å²) in [6, 6.07) is 8.23. The molecule has 0 bridgehead atoms. The number of aryl methyl sites for hydroxylation is 2. The second-order valence-corrected chi connectivity index (χ2v) is 4.10. The van der Waals surface area contributed by atoms with E-state index in [2.05, 4.69) is 28.7 Å². The Morgan fingerprint density at radius 1 is 1.27 bits per heavy atom. The summed E-state index contributed by atoms with van der Waals surface area (Å²) in [5, 5.41) is 0. The Hall–Kier alpha value is -1.02. The highest BCUT2D eigenvalue weighted by atomic mass is 35.5. The van der Waals surface area contributed by atoms with E-state index in [1.807, 2.05) is 12.1 Å². The number of unbranched alkanes of at least 4 members (excludes halogenated alkanes) is 1. The molecule has 0 N–H and O–H groups in total. The van der Waals surface area contributed by atoms with Crippen LogP contribution in [0.4, 0.5) is 0 Å². The van der Waals surface area contributed by atoms with Crippen LogP contribution in [-0.2, 0) is 13.5 Å². The van der Waals surface area contributed by atoms with Gasteiger partial charge in [0.15, 0.2) is 0 Å². The molecule has 0 spiro atoms. The van der Waals surface area contributed by atoms with Gasteiger partial charge in [-0.2, -0.15) is 0 Å². The summed E-state index contributed by atoms with van der Waals surface area (Å²) in [6.07, 6.45) is 3.18. The fourth-order valence-corrected chi connectivity index (χ4v) is 1.99. The highest BCUT2D eigenvalue weighted by Crippen LogP contribution is 2.15. The molecule has 0 aliphatic heterocycles. The first-order chi connectivity index (χ1) is 7.33. The summed E-state index contributed by atoms with van der Waals surface area (Å²) in [5.41, 5.74) is 2.29. The summed E-state index contributed by atoms with van der Waals surface area (Å²) >= 11 is 5.66. The second kappa shape index (κ2) is 4.67. The maximum absolute atomic E-state index is 5.66. The van der Waals surface area contributed by atoms with E-state index in [0.717, 1.165) is 36.5 Å². The van der Waals surface area contributed by atoms with Gasteiger partial charge in [-0.15, -0.1) is 11.6 Å². The molecule has 1 aromatic heterocycles. The van der Waals surface area contributed by atoms with Crippen molar-refractivity contribution < 1.29 is 0 Å². The van der Waals surface area contributed by atoms with Crippen molar-refractivity contribution in [1.29, 1.82) is 0 Å². The number of nitrogens with zero attached hydrogens (tertiary/aromatic N) is 2. The predicted molar refractivity (Wildman–Crippen MR) is 64.4 cm³/mol. The van der Waals surface area contributed by atoms with E-state index in [9.17, 15) is 0 Å². The van der Waals surface area contributed by atoms with Crippen molar-refractivity contribution >= 4 is 22.6 Å². The number of halogens is 1. The van der Waals surface area contributed by atoms with Gasteiger partial charge in [-0.1, -0.05) is 12.1 Å². The van der Waals surface area contributed by atoms with Crippen LogP contribution >= 0.6 is 11.6 Å². The van der Waals surface area contributed by atoms with Crippen molar-refractivity contribution in [2.45, 2.75) is 19.3 Å². The topological polar surface area (TPSA) is 17.8 Å². The summed E-state index contributed by atoms with van der Waals surface area (Å²) < 4.78 is 2.17. The van der Waals surface area contributed by atoms with Crippen molar-refractivity contribution in [2.24, 2.45) is 7.05 Å². The largest absolute Gasteiger partial charge is 0.331 e. The fourth-order valence-electron chi connectivity index (χ4n) is 1.80. The van der Waals surface area contributed by atoms with E-state index in [4.69, 9.17) is 11.6 Å². The van der Waals surface area contributed by atoms with Crippen molar-refractivity contribution in [1.82, 2.24) is 9.55 Å². The van der Waals surface area contributed by atoms with Crippen LogP contribution < -0.4 is 0 Å². The highest BCUT2D eigenvalue weighted by Gasteiger charge is 2.05. The van der Waals surface area contributed by atoms with Gasteiger partial charge in [0.2, 0.25) is 0 Å². The normalized spacial score (nSPS) is 11.1. The summed E-state index contributed by atoms with van der Waals surface area (Å²) in [6.45, 7) is 0. The van der Waals surface area contributed by atoms with Crippen LogP contribution in [0.25, 0.3) is 11.0 Å². The van der Waals surface area contributed by atoms with E-state index in [1.165, 1.54) is 5.52 Å². The van der Waals surface area contributed by atoms with E-state index in [0.29, 0.717) is 0 Å². The molecule has 2 nitrogen and oxygen atoms in total. The van der Waals surface area contributed by atoms with Gasteiger partial charge in [0, 0.05) is 19.3 Å². The number of aromatic nitrogens is 2. The molecule has 0 aliphatic rings. The van der Waals surface area contributed by atoms with Crippen LogP contribution in [0.3, 0.4) is 0 Å². The number of imidazole rings is 1. The maximum Gasteiger partial charge on any atom is 0.109 e. The van der Waals surface area contributed by atoms with Gasteiger partial charge in [-0.3, -0.25) is 0 Å². The Bertz CT molecular complexity index is 448. The molecule has 0 unspecified atom stereocenters. The van der Waals surface area contributed by atoms with E-state index in [1.54, 1.807) is 0 Å². The molecule has 0 saturated carbocycles. The van der Waals surface area contributed by atoms with E-state index < -0.39 is 0 Å². The quantitative estimate of drug-likeness (QED) is 0.574. The highest BCUT2D eigenvalue weighted by molar-refractivity contribution is 6.17. The van der Waals surface area contributed by atoms with Crippen molar-refractivity contribution in [2.75, 3.05) is 5.88 Å². The number of hydrogen-bond donors (Lipinski definition) is 0. The maximum atomic E-state index is 5.66. The second-order valence-electron chi connectivity index (χ2n) is 3.72. The van der Waals surface area contributed by atoms with Crippen LogP contribution in [0.5, 0.6) is 0 Å². The molecule has 15 heavy (non-hydrogen) atoms. The SMILES string of the molecule is Cn1c(CCCCCl)nc2ccccc21. The first-order valence-corrected chi connectivity index (χ1v) is 5.82. The molecule has 0 amide bonds. The van der Waals surface area contributed by atoms with Gasteiger partial charge in [-0.25, -0.2) is 4.98 Å². The summed E-state index contributed by atoms with van der Waals surface area (Å²) in [7, 11) is 2.07. The van der Waals surface area contributed by atoms with Crippen LogP contribution in [0.15, 0.2) is 24.3 Å². The minimum absolute atomic E-state index is 0.740. The fraction of sp³-hybridized carbons (Fsp3) is 0.417. The Balaban J connectivity index is 2.24. The zero-order valence-electron chi connectivity index (χ0n) is 8.91. The van der Waals surface area contributed by atoms with Crippen LogP contribution in [-0.4, -0.2) is 15.4 Å². The third-order valence-electron chi connectivity index (χ3n) is 2.66. The minimum Gasteiger partial charge on any atom is -0.331 e. The first kappa shape index (κ1) is 10.5. The molecule has 2 rings (SSSR count). The molecule has 1 aromatic carbocycles. The van der Waals surface area contributed by atoms with Gasteiger partial charge < -0.3 is 4.57 Å². The molecule has 0 saturated heterocycles. The molecule has 80 valence electrons. The lowest BCUT2D eigenvalue weighted by Crippen LogP contribution is -1.97. The summed E-state index contributed by atoms with van der Waals surface area (Å²) in [5.74, 6) is 1.89. The Morgan fingerprint density at radius 3 is 2.80 bits per heavy atom. The minimum atomic E-state index is 0.740. The average molecular weight is 223 g/mol. The first-order valence-electron chi connectivity index (χ1n) is 5.29. The number of benzene rings is 1. The molecular weight excluding hydrogens is 208 g/mol. The molecule has 0 fully saturated rings. The van der Waals surface area contributed by atoms with Crippen LogP contribution in [0.1, 0.15) is 18.7 Å². The lowest BCUT2D eigenvalue weighted by molar-refractivity contribution is 0.722. The average Bonchev–Trinajstić information content (AvgIpc) is 2.57. The van der Waals surface area contributed by atoms with Gasteiger partial charge >= 0.3 is 0 Å². The monoisotopic (exact) mass is 222 g/mol. The van der Waals surface area contributed by atoms with Gasteiger partial charge in [0.05, 0.1) is 11.0 Å².